The van der Waals surface area contributed by atoms with Crippen molar-refractivity contribution in [2.24, 2.45) is 0 Å². The van der Waals surface area contributed by atoms with Crippen molar-refractivity contribution in [3.05, 3.63) is 71.3 Å². The van der Waals surface area contributed by atoms with Crippen LogP contribution in [0.2, 0.25) is 5.02 Å². The summed E-state index contributed by atoms with van der Waals surface area (Å²) in [6, 6.07) is 12.3. The Kier molecular flexibility index (Phi) is 7.49. The van der Waals surface area contributed by atoms with Crippen LogP contribution in [-0.4, -0.2) is 32.5 Å². The highest BCUT2D eigenvalue weighted by molar-refractivity contribution is 7.99. The average molecular weight is 456 g/mol. The van der Waals surface area contributed by atoms with Crippen molar-refractivity contribution in [2.75, 3.05) is 11.1 Å². The number of rotatable bonds is 7. The summed E-state index contributed by atoms with van der Waals surface area (Å²) in [7, 11) is 0. The quantitative estimate of drug-likeness (QED) is 0.393. The molecule has 0 fully saturated rings. The standard InChI is InChI=1S/C22H22ClN5O2S/c1-4-12-28-20(16-8-10-17(23)11-9-16)26-27-22(28)31-13-19(29)25-21(30)24-18-7-5-6-14(2)15(18)3/h4-11H,1,12-13H2,2-3H3,(H2,24,25,29,30). The van der Waals surface area contributed by atoms with Crippen LogP contribution in [0.1, 0.15) is 11.1 Å². The van der Waals surface area contributed by atoms with E-state index in [1.165, 1.54) is 11.8 Å². The van der Waals surface area contributed by atoms with Crippen molar-refractivity contribution < 1.29 is 9.59 Å². The summed E-state index contributed by atoms with van der Waals surface area (Å²) in [5.41, 5.74) is 3.52. The van der Waals surface area contributed by atoms with Gasteiger partial charge in [-0.1, -0.05) is 41.6 Å². The summed E-state index contributed by atoms with van der Waals surface area (Å²) in [4.78, 5) is 24.4. The molecule has 1 aromatic heterocycles. The van der Waals surface area contributed by atoms with E-state index in [0.29, 0.717) is 28.2 Å². The molecule has 0 bridgehead atoms. The van der Waals surface area contributed by atoms with E-state index in [1.54, 1.807) is 24.3 Å². The number of nitrogens with one attached hydrogen (secondary N) is 2. The average Bonchev–Trinajstić information content (AvgIpc) is 3.13. The minimum absolute atomic E-state index is 0.0100. The first-order valence-corrected chi connectivity index (χ1v) is 10.8. The van der Waals surface area contributed by atoms with Crippen LogP contribution in [0.15, 0.2) is 60.3 Å². The molecule has 0 aliphatic rings. The Balaban J connectivity index is 1.63. The second-order valence-corrected chi connectivity index (χ2v) is 8.13. The van der Waals surface area contributed by atoms with Crippen molar-refractivity contribution >= 4 is 41.0 Å². The number of carbonyl (C=O) groups is 2. The van der Waals surface area contributed by atoms with Crippen molar-refractivity contribution in [3.63, 3.8) is 0 Å². The van der Waals surface area contributed by atoms with Crippen LogP contribution >= 0.6 is 23.4 Å². The molecular formula is C22H22ClN5O2S. The van der Waals surface area contributed by atoms with Crippen molar-refractivity contribution in [2.45, 2.75) is 25.5 Å². The van der Waals surface area contributed by atoms with Gasteiger partial charge in [0.1, 0.15) is 0 Å². The van der Waals surface area contributed by atoms with Gasteiger partial charge in [0.25, 0.3) is 0 Å². The molecule has 0 unspecified atom stereocenters. The molecule has 160 valence electrons. The third kappa shape index (κ3) is 5.74. The first-order valence-electron chi connectivity index (χ1n) is 9.49. The molecule has 2 aromatic carbocycles. The van der Waals surface area contributed by atoms with Crippen LogP contribution in [-0.2, 0) is 11.3 Å². The van der Waals surface area contributed by atoms with Gasteiger partial charge in [-0.05, 0) is 55.3 Å². The number of carbonyl (C=O) groups excluding carboxylic acids is 2. The fourth-order valence-electron chi connectivity index (χ4n) is 2.83. The molecule has 0 atom stereocenters. The molecule has 0 spiro atoms. The lowest BCUT2D eigenvalue weighted by atomic mass is 10.1. The second kappa shape index (κ2) is 10.3. The van der Waals surface area contributed by atoms with Gasteiger partial charge in [0.15, 0.2) is 11.0 Å². The van der Waals surface area contributed by atoms with E-state index in [2.05, 4.69) is 27.4 Å². The Labute approximate surface area is 189 Å². The molecule has 3 aromatic rings. The first-order chi connectivity index (χ1) is 14.9. The number of hydrogen-bond acceptors (Lipinski definition) is 5. The Hall–Kier alpha value is -3.10. The summed E-state index contributed by atoms with van der Waals surface area (Å²) in [5, 5.41) is 14.6. The molecule has 0 radical (unpaired) electrons. The zero-order chi connectivity index (χ0) is 22.4. The van der Waals surface area contributed by atoms with Gasteiger partial charge >= 0.3 is 6.03 Å². The van der Waals surface area contributed by atoms with E-state index < -0.39 is 11.9 Å². The van der Waals surface area contributed by atoms with Gasteiger partial charge in [-0.25, -0.2) is 4.79 Å². The summed E-state index contributed by atoms with van der Waals surface area (Å²) >= 11 is 7.15. The number of halogens is 1. The summed E-state index contributed by atoms with van der Waals surface area (Å²) in [6.07, 6.45) is 1.73. The van der Waals surface area contributed by atoms with E-state index in [-0.39, 0.29) is 5.75 Å². The number of allylic oxidation sites excluding steroid dienone is 1. The van der Waals surface area contributed by atoms with Crippen molar-refractivity contribution in [3.8, 4) is 11.4 Å². The molecule has 0 aliphatic carbocycles. The number of urea groups is 1. The van der Waals surface area contributed by atoms with E-state index in [4.69, 9.17) is 11.6 Å². The highest BCUT2D eigenvalue weighted by Gasteiger charge is 2.16. The maximum atomic E-state index is 12.3. The van der Waals surface area contributed by atoms with Gasteiger partial charge in [0, 0.05) is 22.8 Å². The zero-order valence-electron chi connectivity index (χ0n) is 17.2. The third-order valence-electron chi connectivity index (χ3n) is 4.57. The zero-order valence-corrected chi connectivity index (χ0v) is 18.8. The summed E-state index contributed by atoms with van der Waals surface area (Å²) in [5.74, 6) is 0.219. The van der Waals surface area contributed by atoms with Gasteiger partial charge < -0.3 is 5.32 Å². The minimum Gasteiger partial charge on any atom is -0.307 e. The molecule has 1 heterocycles. The minimum atomic E-state index is -0.575. The number of amides is 3. The second-order valence-electron chi connectivity index (χ2n) is 6.75. The van der Waals surface area contributed by atoms with Crippen molar-refractivity contribution in [1.82, 2.24) is 20.1 Å². The van der Waals surface area contributed by atoms with Crippen LogP contribution < -0.4 is 10.6 Å². The largest absolute Gasteiger partial charge is 0.325 e. The molecule has 9 heteroatoms. The molecule has 3 amide bonds. The Morgan fingerprint density at radius 3 is 2.61 bits per heavy atom. The highest BCUT2D eigenvalue weighted by atomic mass is 35.5. The smallest absolute Gasteiger partial charge is 0.307 e. The molecule has 2 N–H and O–H groups in total. The number of hydrogen-bond donors (Lipinski definition) is 2. The Morgan fingerprint density at radius 1 is 1.16 bits per heavy atom. The fourth-order valence-corrected chi connectivity index (χ4v) is 3.71. The molecule has 0 saturated heterocycles. The highest BCUT2D eigenvalue weighted by Crippen LogP contribution is 2.25. The number of thioether (sulfide) groups is 1. The number of imide groups is 1. The number of nitrogens with zero attached hydrogens (tertiary/aromatic N) is 3. The molecule has 31 heavy (non-hydrogen) atoms. The topological polar surface area (TPSA) is 88.9 Å². The summed E-state index contributed by atoms with van der Waals surface area (Å²) < 4.78 is 1.85. The maximum Gasteiger partial charge on any atom is 0.325 e. The monoisotopic (exact) mass is 455 g/mol. The molecule has 0 saturated carbocycles. The predicted octanol–water partition coefficient (Wildman–Crippen LogP) is 4.84. The first kappa shape index (κ1) is 22.6. The summed E-state index contributed by atoms with van der Waals surface area (Å²) in [6.45, 7) is 8.11. The SMILES string of the molecule is C=CCn1c(SCC(=O)NC(=O)Nc2cccc(C)c2C)nnc1-c1ccc(Cl)cc1. The normalized spacial score (nSPS) is 10.5. The Bertz CT molecular complexity index is 1110. The van der Waals surface area contributed by atoms with E-state index >= 15 is 0 Å². The maximum absolute atomic E-state index is 12.3. The van der Waals surface area contributed by atoms with Gasteiger partial charge in [-0.2, -0.15) is 0 Å². The lowest BCUT2D eigenvalue weighted by Crippen LogP contribution is -2.35. The number of anilines is 1. The molecular weight excluding hydrogens is 434 g/mol. The van der Waals surface area contributed by atoms with Gasteiger partial charge in [-0.3, -0.25) is 14.7 Å². The number of aromatic nitrogens is 3. The Morgan fingerprint density at radius 2 is 1.90 bits per heavy atom. The van der Waals surface area contributed by atoms with E-state index in [9.17, 15) is 9.59 Å². The van der Waals surface area contributed by atoms with E-state index in [1.807, 2.05) is 42.7 Å². The van der Waals surface area contributed by atoms with Gasteiger partial charge in [-0.15, -0.1) is 16.8 Å². The molecule has 0 aliphatic heterocycles. The van der Waals surface area contributed by atoms with Crippen LogP contribution in [0, 0.1) is 13.8 Å². The third-order valence-corrected chi connectivity index (χ3v) is 5.79. The van der Waals surface area contributed by atoms with Gasteiger partial charge in [0.2, 0.25) is 5.91 Å². The fraction of sp³-hybridized carbons (Fsp3) is 0.182. The van der Waals surface area contributed by atoms with Crippen LogP contribution in [0.4, 0.5) is 10.5 Å². The lowest BCUT2D eigenvalue weighted by Gasteiger charge is -2.11. The van der Waals surface area contributed by atoms with E-state index in [0.717, 1.165) is 16.7 Å². The van der Waals surface area contributed by atoms with Crippen LogP contribution in [0.3, 0.4) is 0 Å². The van der Waals surface area contributed by atoms with Crippen LogP contribution in [0.5, 0.6) is 0 Å². The lowest BCUT2D eigenvalue weighted by molar-refractivity contribution is -0.117. The van der Waals surface area contributed by atoms with Crippen LogP contribution in [0.25, 0.3) is 11.4 Å². The number of aryl methyl sites for hydroxylation is 1. The predicted molar refractivity (Wildman–Crippen MR) is 124 cm³/mol. The van der Waals surface area contributed by atoms with Gasteiger partial charge in [0.05, 0.1) is 5.75 Å². The number of benzene rings is 2. The van der Waals surface area contributed by atoms with Crippen molar-refractivity contribution in [1.29, 1.82) is 0 Å². The molecule has 3 rings (SSSR count). The molecule has 7 nitrogen and oxygen atoms in total.